The maximum atomic E-state index is 5.38. The molecule has 1 aliphatic rings. The van der Waals surface area contributed by atoms with E-state index in [0.29, 0.717) is 11.8 Å². The van der Waals surface area contributed by atoms with Crippen LogP contribution in [-0.2, 0) is 4.74 Å². The molecule has 0 atom stereocenters. The van der Waals surface area contributed by atoms with Crippen LogP contribution in [0.25, 0.3) is 0 Å². The summed E-state index contributed by atoms with van der Waals surface area (Å²) in [5.41, 5.74) is 0. The summed E-state index contributed by atoms with van der Waals surface area (Å²) >= 11 is 3.40. The van der Waals surface area contributed by atoms with Gasteiger partial charge in [0.15, 0.2) is 5.96 Å². The third kappa shape index (κ3) is 7.86. The largest absolute Gasteiger partial charge is 0.480 e. The molecule has 0 spiro atoms. The van der Waals surface area contributed by atoms with Crippen LogP contribution in [0, 0.1) is 0 Å². The van der Waals surface area contributed by atoms with Crippen LogP contribution in [0.5, 0.6) is 5.88 Å². The van der Waals surface area contributed by atoms with Crippen LogP contribution >= 0.6 is 39.9 Å². The quantitative estimate of drug-likeness (QED) is 0.212. The predicted octanol–water partition coefficient (Wildman–Crippen LogP) is 2.77. The van der Waals surface area contributed by atoms with E-state index in [0.717, 1.165) is 75.8 Å². The van der Waals surface area contributed by atoms with Crippen molar-refractivity contribution in [3.8, 4) is 5.88 Å². The minimum Gasteiger partial charge on any atom is -0.480 e. The number of guanidine groups is 1. The molecule has 1 saturated heterocycles. The molecule has 8 nitrogen and oxygen atoms in total. The minimum atomic E-state index is 0. The van der Waals surface area contributed by atoms with E-state index < -0.39 is 0 Å². The van der Waals surface area contributed by atoms with Gasteiger partial charge in [0, 0.05) is 52.5 Å². The minimum absolute atomic E-state index is 0. The lowest BCUT2D eigenvalue weighted by Crippen LogP contribution is -2.53. The van der Waals surface area contributed by atoms with Crippen molar-refractivity contribution in [3.63, 3.8) is 0 Å². The zero-order valence-corrected chi connectivity index (χ0v) is 20.9. The Bertz CT molecular complexity index is 599. The zero-order chi connectivity index (χ0) is 19.5. The SMILES string of the molecule is CCNC(=NCCCCOCC)N1CCN(c2ncc(Br)c(OC)n2)CC1.I. The number of rotatable bonds is 9. The molecule has 10 heteroatoms. The van der Waals surface area contributed by atoms with Gasteiger partial charge in [-0.25, -0.2) is 4.98 Å². The molecule has 0 amide bonds. The van der Waals surface area contributed by atoms with Gasteiger partial charge in [-0.2, -0.15) is 4.98 Å². The lowest BCUT2D eigenvalue weighted by molar-refractivity contribution is 0.144. The van der Waals surface area contributed by atoms with Gasteiger partial charge in [-0.3, -0.25) is 4.99 Å². The van der Waals surface area contributed by atoms with E-state index in [-0.39, 0.29) is 24.0 Å². The van der Waals surface area contributed by atoms with Gasteiger partial charge >= 0.3 is 0 Å². The van der Waals surface area contributed by atoms with Crippen LogP contribution in [0.1, 0.15) is 26.7 Å². The van der Waals surface area contributed by atoms with Gasteiger partial charge in [-0.1, -0.05) is 0 Å². The van der Waals surface area contributed by atoms with Crippen molar-refractivity contribution in [2.75, 3.05) is 64.5 Å². The molecule has 28 heavy (non-hydrogen) atoms. The first-order chi connectivity index (χ1) is 13.2. The molecule has 0 bridgehead atoms. The van der Waals surface area contributed by atoms with Gasteiger partial charge in [-0.05, 0) is 42.6 Å². The smallest absolute Gasteiger partial charge is 0.232 e. The molecule has 1 fully saturated rings. The highest BCUT2D eigenvalue weighted by molar-refractivity contribution is 14.0. The number of aromatic nitrogens is 2. The maximum Gasteiger partial charge on any atom is 0.232 e. The Morgan fingerprint density at radius 3 is 2.64 bits per heavy atom. The summed E-state index contributed by atoms with van der Waals surface area (Å²) in [6.45, 7) is 10.9. The second-order valence-electron chi connectivity index (χ2n) is 6.14. The highest BCUT2D eigenvalue weighted by Crippen LogP contribution is 2.23. The van der Waals surface area contributed by atoms with Crippen molar-refractivity contribution in [1.29, 1.82) is 0 Å². The van der Waals surface area contributed by atoms with E-state index in [1.165, 1.54) is 0 Å². The van der Waals surface area contributed by atoms with Gasteiger partial charge in [0.1, 0.15) is 0 Å². The van der Waals surface area contributed by atoms with Crippen molar-refractivity contribution >= 4 is 51.8 Å². The van der Waals surface area contributed by atoms with E-state index in [9.17, 15) is 0 Å². The molecule has 2 rings (SSSR count). The second kappa shape index (κ2) is 14.2. The number of aliphatic imine (C=N–C) groups is 1. The number of unbranched alkanes of at least 4 members (excludes halogenated alkanes) is 1. The maximum absolute atomic E-state index is 5.38. The lowest BCUT2D eigenvalue weighted by atomic mass is 10.3. The van der Waals surface area contributed by atoms with Crippen LogP contribution in [0.15, 0.2) is 15.7 Å². The topological polar surface area (TPSA) is 75.1 Å². The number of nitrogens with one attached hydrogen (secondary N) is 1. The van der Waals surface area contributed by atoms with Crippen LogP contribution < -0.4 is 15.0 Å². The average molecular weight is 571 g/mol. The summed E-state index contributed by atoms with van der Waals surface area (Å²) in [5.74, 6) is 2.25. The molecule has 1 aromatic heterocycles. The van der Waals surface area contributed by atoms with Crippen LogP contribution in [-0.4, -0.2) is 80.4 Å². The number of methoxy groups -OCH3 is 1. The Labute approximate surface area is 193 Å². The Balaban J connectivity index is 0.00000392. The Morgan fingerprint density at radius 1 is 1.25 bits per heavy atom. The molecule has 1 aliphatic heterocycles. The fourth-order valence-electron chi connectivity index (χ4n) is 2.83. The Morgan fingerprint density at radius 2 is 2.00 bits per heavy atom. The highest BCUT2D eigenvalue weighted by atomic mass is 127. The Hall–Kier alpha value is -0.880. The molecule has 1 N–H and O–H groups in total. The normalized spacial score (nSPS) is 14.6. The van der Waals surface area contributed by atoms with Gasteiger partial charge in [0.2, 0.25) is 11.8 Å². The molecule has 0 aliphatic carbocycles. The van der Waals surface area contributed by atoms with Crippen molar-refractivity contribution in [2.24, 2.45) is 4.99 Å². The fraction of sp³-hybridized carbons (Fsp3) is 0.722. The summed E-state index contributed by atoms with van der Waals surface area (Å²) in [6.07, 6.45) is 3.83. The molecular formula is C18H32BrIN6O2. The molecule has 0 unspecified atom stereocenters. The standard InChI is InChI=1S/C18H31BrN6O2.HI/c1-4-20-17(21-8-6-7-13-27-5-2)24-9-11-25(12-10-24)18-22-14-15(19)16(23-18)26-3;/h14H,4-13H2,1-3H3,(H,20,21);1H. The third-order valence-electron chi connectivity index (χ3n) is 4.25. The number of ether oxygens (including phenoxy) is 2. The first-order valence-electron chi connectivity index (χ1n) is 9.62. The molecule has 0 saturated carbocycles. The number of hydrogen-bond donors (Lipinski definition) is 1. The predicted molar refractivity (Wildman–Crippen MR) is 127 cm³/mol. The molecule has 0 radical (unpaired) electrons. The van der Waals surface area contributed by atoms with Crippen molar-refractivity contribution in [3.05, 3.63) is 10.7 Å². The highest BCUT2D eigenvalue weighted by Gasteiger charge is 2.22. The third-order valence-corrected chi connectivity index (χ3v) is 4.80. The van der Waals surface area contributed by atoms with E-state index in [1.807, 2.05) is 6.92 Å². The van der Waals surface area contributed by atoms with E-state index >= 15 is 0 Å². The number of nitrogens with zero attached hydrogens (tertiary/aromatic N) is 5. The summed E-state index contributed by atoms with van der Waals surface area (Å²) < 4.78 is 11.4. The summed E-state index contributed by atoms with van der Waals surface area (Å²) in [4.78, 5) is 18.1. The van der Waals surface area contributed by atoms with Crippen molar-refractivity contribution in [1.82, 2.24) is 20.2 Å². The van der Waals surface area contributed by atoms with Gasteiger partial charge in [0.25, 0.3) is 0 Å². The summed E-state index contributed by atoms with van der Waals surface area (Å²) in [7, 11) is 1.61. The van der Waals surface area contributed by atoms with Crippen LogP contribution in [0.3, 0.4) is 0 Å². The van der Waals surface area contributed by atoms with Crippen molar-refractivity contribution < 1.29 is 9.47 Å². The van der Waals surface area contributed by atoms with Crippen molar-refractivity contribution in [2.45, 2.75) is 26.7 Å². The number of halogens is 2. The molecule has 0 aromatic carbocycles. The van der Waals surface area contributed by atoms with Gasteiger partial charge in [0.05, 0.1) is 17.8 Å². The molecule has 1 aromatic rings. The lowest BCUT2D eigenvalue weighted by Gasteiger charge is -2.36. The summed E-state index contributed by atoms with van der Waals surface area (Å²) in [5, 5.41) is 3.40. The summed E-state index contributed by atoms with van der Waals surface area (Å²) in [6, 6.07) is 0. The van der Waals surface area contributed by atoms with Gasteiger partial charge < -0.3 is 24.6 Å². The molecular weight excluding hydrogens is 539 g/mol. The van der Waals surface area contributed by atoms with E-state index in [1.54, 1.807) is 13.3 Å². The molecule has 160 valence electrons. The van der Waals surface area contributed by atoms with E-state index in [2.05, 4.69) is 47.9 Å². The fourth-order valence-corrected chi connectivity index (χ4v) is 3.18. The number of piperazine rings is 1. The first kappa shape index (κ1) is 25.2. The number of hydrogen-bond acceptors (Lipinski definition) is 6. The van der Waals surface area contributed by atoms with Gasteiger partial charge in [-0.15, -0.1) is 24.0 Å². The number of anilines is 1. The zero-order valence-electron chi connectivity index (χ0n) is 17.0. The average Bonchev–Trinajstić information content (AvgIpc) is 2.70. The van der Waals surface area contributed by atoms with Crippen LogP contribution in [0.2, 0.25) is 0 Å². The first-order valence-corrected chi connectivity index (χ1v) is 10.4. The monoisotopic (exact) mass is 570 g/mol. The molecule has 2 heterocycles. The second-order valence-corrected chi connectivity index (χ2v) is 7.00. The van der Waals surface area contributed by atoms with E-state index in [4.69, 9.17) is 14.5 Å². The Kier molecular flexibility index (Phi) is 12.7. The van der Waals surface area contributed by atoms with Crippen LogP contribution in [0.4, 0.5) is 5.95 Å².